The highest BCUT2D eigenvalue weighted by Gasteiger charge is 2.09. The summed E-state index contributed by atoms with van der Waals surface area (Å²) in [5.74, 6) is 1.84. The van der Waals surface area contributed by atoms with E-state index < -0.39 is 0 Å². The van der Waals surface area contributed by atoms with E-state index >= 15 is 0 Å². The molecule has 0 unspecified atom stereocenters. The number of aromatic nitrogens is 3. The number of ether oxygens (including phenoxy) is 1. The van der Waals surface area contributed by atoms with E-state index in [9.17, 15) is 0 Å². The van der Waals surface area contributed by atoms with Crippen LogP contribution in [-0.2, 0) is 6.42 Å². The molecule has 2 rings (SSSR count). The average molecular weight is 404 g/mol. The molecule has 2 aromatic rings. The molecule has 0 radical (unpaired) electrons. The lowest BCUT2D eigenvalue weighted by molar-refractivity contribution is 0.414. The maximum Gasteiger partial charge on any atom is 0.199 e. The van der Waals surface area contributed by atoms with E-state index in [0.29, 0.717) is 4.77 Å². The first-order chi connectivity index (χ1) is 13.8. The zero-order valence-electron chi connectivity index (χ0n) is 17.7. The number of hydrogen-bond acceptors (Lipinski definition) is 3. The van der Waals surface area contributed by atoms with E-state index in [1.165, 1.54) is 70.6 Å². The zero-order chi connectivity index (χ0) is 20.0. The van der Waals surface area contributed by atoms with Crippen molar-refractivity contribution in [1.29, 1.82) is 0 Å². The van der Waals surface area contributed by atoms with E-state index in [0.717, 1.165) is 30.1 Å². The maximum absolute atomic E-state index is 5.43. The first-order valence-electron chi connectivity index (χ1n) is 11.1. The summed E-state index contributed by atoms with van der Waals surface area (Å²) in [4.78, 5) is 0. The van der Waals surface area contributed by atoms with Gasteiger partial charge < -0.3 is 4.74 Å². The molecule has 0 saturated heterocycles. The van der Waals surface area contributed by atoms with Gasteiger partial charge in [-0.05, 0) is 30.8 Å². The number of H-pyrrole nitrogens is 1. The number of hydrogen-bond donors (Lipinski definition) is 1. The number of aryl methyl sites for hydroxylation is 1. The van der Waals surface area contributed by atoms with Gasteiger partial charge in [-0.3, -0.25) is 9.67 Å². The lowest BCUT2D eigenvalue weighted by Crippen LogP contribution is -2.02. The van der Waals surface area contributed by atoms with Crippen molar-refractivity contribution in [3.05, 3.63) is 34.9 Å². The molecule has 4 nitrogen and oxygen atoms in total. The number of nitrogens with zero attached hydrogens (tertiary/aromatic N) is 2. The van der Waals surface area contributed by atoms with Crippen molar-refractivity contribution >= 4 is 12.2 Å². The van der Waals surface area contributed by atoms with Gasteiger partial charge in [0.2, 0.25) is 0 Å². The number of aromatic amines is 1. The Balaban J connectivity index is 1.64. The Morgan fingerprint density at radius 2 is 1.54 bits per heavy atom. The van der Waals surface area contributed by atoms with Crippen LogP contribution in [0.4, 0.5) is 0 Å². The SMILES string of the molecule is CCCCCCCCCCCCCCc1n[nH]c(=S)n1-c1cccc(OC)c1. The van der Waals surface area contributed by atoms with Gasteiger partial charge in [-0.25, -0.2) is 0 Å². The number of unbranched alkanes of at least 4 members (excludes halogenated alkanes) is 11. The van der Waals surface area contributed by atoms with Gasteiger partial charge in [0, 0.05) is 12.5 Å². The Labute approximate surface area is 175 Å². The third-order valence-electron chi connectivity index (χ3n) is 5.31. The molecule has 1 aromatic heterocycles. The van der Waals surface area contributed by atoms with Gasteiger partial charge in [-0.1, -0.05) is 83.6 Å². The van der Waals surface area contributed by atoms with Crippen molar-refractivity contribution in [3.8, 4) is 11.4 Å². The molecule has 1 heterocycles. The molecule has 0 spiro atoms. The third kappa shape index (κ3) is 7.78. The summed E-state index contributed by atoms with van der Waals surface area (Å²) >= 11 is 5.43. The van der Waals surface area contributed by atoms with Gasteiger partial charge in [0.1, 0.15) is 11.6 Å². The molecular formula is C23H37N3OS. The Morgan fingerprint density at radius 3 is 2.14 bits per heavy atom. The molecule has 0 fully saturated rings. The Hall–Kier alpha value is -1.62. The highest BCUT2D eigenvalue weighted by Crippen LogP contribution is 2.19. The fourth-order valence-electron chi connectivity index (χ4n) is 3.64. The monoisotopic (exact) mass is 403 g/mol. The van der Waals surface area contributed by atoms with Crippen molar-refractivity contribution in [3.63, 3.8) is 0 Å². The second-order valence-corrected chi connectivity index (χ2v) is 8.01. The van der Waals surface area contributed by atoms with Crippen molar-refractivity contribution in [2.24, 2.45) is 0 Å². The zero-order valence-corrected chi connectivity index (χ0v) is 18.5. The summed E-state index contributed by atoms with van der Waals surface area (Å²) in [6.45, 7) is 2.28. The molecule has 5 heteroatoms. The minimum absolute atomic E-state index is 0.641. The van der Waals surface area contributed by atoms with Gasteiger partial charge in [0.05, 0.1) is 12.8 Å². The van der Waals surface area contributed by atoms with Gasteiger partial charge in [0.25, 0.3) is 0 Å². The summed E-state index contributed by atoms with van der Waals surface area (Å²) in [5, 5.41) is 7.38. The molecule has 28 heavy (non-hydrogen) atoms. The summed E-state index contributed by atoms with van der Waals surface area (Å²) in [6, 6.07) is 7.96. The van der Waals surface area contributed by atoms with E-state index in [4.69, 9.17) is 17.0 Å². The predicted molar refractivity (Wildman–Crippen MR) is 120 cm³/mol. The summed E-state index contributed by atoms with van der Waals surface area (Å²) in [5.41, 5.74) is 1.01. The van der Waals surface area contributed by atoms with Crippen LogP contribution in [0, 0.1) is 4.77 Å². The Bertz CT molecular complexity index is 723. The molecule has 0 amide bonds. The van der Waals surface area contributed by atoms with Crippen LogP contribution in [0.25, 0.3) is 5.69 Å². The van der Waals surface area contributed by atoms with Gasteiger partial charge >= 0.3 is 0 Å². The molecule has 0 saturated carbocycles. The molecule has 0 aliphatic heterocycles. The summed E-state index contributed by atoms with van der Waals surface area (Å²) < 4.78 is 8.00. The highest BCUT2D eigenvalue weighted by molar-refractivity contribution is 7.71. The molecule has 0 bridgehead atoms. The van der Waals surface area contributed by atoms with Crippen LogP contribution >= 0.6 is 12.2 Å². The second-order valence-electron chi connectivity index (χ2n) is 7.62. The molecular weight excluding hydrogens is 366 g/mol. The number of methoxy groups -OCH3 is 1. The maximum atomic E-state index is 5.43. The van der Waals surface area contributed by atoms with E-state index in [1.807, 2.05) is 28.8 Å². The normalized spacial score (nSPS) is 11.1. The van der Waals surface area contributed by atoms with Gasteiger partial charge in [0.15, 0.2) is 4.77 Å². The van der Waals surface area contributed by atoms with Crippen LogP contribution in [0.5, 0.6) is 5.75 Å². The summed E-state index contributed by atoms with van der Waals surface area (Å²) in [6.07, 6.45) is 17.3. The molecule has 0 aliphatic carbocycles. The van der Waals surface area contributed by atoms with Crippen LogP contribution in [0.1, 0.15) is 89.8 Å². The van der Waals surface area contributed by atoms with Gasteiger partial charge in [-0.15, -0.1) is 0 Å². The minimum Gasteiger partial charge on any atom is -0.497 e. The Kier molecular flexibility index (Phi) is 11.0. The fraction of sp³-hybridized carbons (Fsp3) is 0.652. The first kappa shape index (κ1) is 22.7. The van der Waals surface area contributed by atoms with Crippen LogP contribution in [-0.4, -0.2) is 21.9 Å². The molecule has 0 aliphatic rings. The van der Waals surface area contributed by atoms with Crippen molar-refractivity contribution < 1.29 is 4.74 Å². The molecule has 1 N–H and O–H groups in total. The topological polar surface area (TPSA) is 42.8 Å². The predicted octanol–water partition coefficient (Wildman–Crippen LogP) is 7.18. The van der Waals surface area contributed by atoms with Gasteiger partial charge in [-0.2, -0.15) is 5.10 Å². The lowest BCUT2D eigenvalue weighted by Gasteiger charge is -2.08. The smallest absolute Gasteiger partial charge is 0.199 e. The van der Waals surface area contributed by atoms with E-state index in [1.54, 1.807) is 7.11 Å². The number of rotatable bonds is 15. The highest BCUT2D eigenvalue weighted by atomic mass is 32.1. The van der Waals surface area contributed by atoms with Crippen LogP contribution in [0.3, 0.4) is 0 Å². The average Bonchev–Trinajstić information content (AvgIpc) is 3.09. The first-order valence-corrected chi connectivity index (χ1v) is 11.5. The largest absolute Gasteiger partial charge is 0.497 e. The molecule has 1 aromatic carbocycles. The lowest BCUT2D eigenvalue weighted by atomic mass is 10.0. The second kappa shape index (κ2) is 13.5. The number of benzene rings is 1. The number of nitrogens with one attached hydrogen (secondary N) is 1. The van der Waals surface area contributed by atoms with Crippen LogP contribution < -0.4 is 4.74 Å². The van der Waals surface area contributed by atoms with Crippen LogP contribution in [0.15, 0.2) is 24.3 Å². The minimum atomic E-state index is 0.641. The summed E-state index contributed by atoms with van der Waals surface area (Å²) in [7, 11) is 1.68. The van der Waals surface area contributed by atoms with Crippen molar-refractivity contribution in [2.75, 3.05) is 7.11 Å². The van der Waals surface area contributed by atoms with E-state index in [2.05, 4.69) is 17.1 Å². The van der Waals surface area contributed by atoms with Crippen molar-refractivity contribution in [2.45, 2.75) is 90.4 Å². The Morgan fingerprint density at radius 1 is 0.929 bits per heavy atom. The fourth-order valence-corrected chi connectivity index (χ4v) is 3.89. The quantitative estimate of drug-likeness (QED) is 0.253. The standard InChI is InChI=1S/C23H37N3OS/c1-3-4-5-6-7-8-9-10-11-12-13-14-18-22-24-25-23(28)26(22)20-16-15-17-21(19-20)27-2/h15-17,19H,3-14,18H2,1-2H3,(H,25,28). The third-order valence-corrected chi connectivity index (χ3v) is 5.58. The van der Waals surface area contributed by atoms with Crippen LogP contribution in [0.2, 0.25) is 0 Å². The van der Waals surface area contributed by atoms with Crippen molar-refractivity contribution in [1.82, 2.24) is 14.8 Å². The molecule has 156 valence electrons. The van der Waals surface area contributed by atoms with E-state index in [-0.39, 0.29) is 0 Å². The molecule has 0 atom stereocenters.